The van der Waals surface area contributed by atoms with Crippen molar-refractivity contribution in [1.29, 1.82) is 0 Å². The van der Waals surface area contributed by atoms with Crippen molar-refractivity contribution in [2.75, 3.05) is 4.90 Å². The minimum Gasteiger partial charge on any atom is -0.488 e. The summed E-state index contributed by atoms with van der Waals surface area (Å²) in [6.45, 7) is 0.291. The molecule has 4 amide bonds. The third-order valence-corrected chi connectivity index (χ3v) is 7.20. The fourth-order valence-corrected chi connectivity index (χ4v) is 5.01. The maximum absolute atomic E-state index is 13.5. The Labute approximate surface area is 232 Å². The summed E-state index contributed by atoms with van der Waals surface area (Å²) < 4.78 is 7.12. The lowest BCUT2D eigenvalue weighted by Crippen LogP contribution is -2.54. The minimum atomic E-state index is -0.796. The topological polar surface area (TPSA) is 75.7 Å². The van der Waals surface area contributed by atoms with Gasteiger partial charge in [0.2, 0.25) is 0 Å². The first-order chi connectivity index (χ1) is 19.0. The second kappa shape index (κ2) is 10.2. The van der Waals surface area contributed by atoms with E-state index in [9.17, 15) is 14.4 Å². The van der Waals surface area contributed by atoms with Crippen LogP contribution in [-0.2, 0) is 16.2 Å². The Hall–Kier alpha value is -4.75. The Kier molecular flexibility index (Phi) is 6.42. The molecule has 1 heterocycles. The Balaban J connectivity index is 1.42. The molecule has 1 N–H and O–H groups in total. The molecule has 190 valence electrons. The maximum Gasteiger partial charge on any atom is 0.335 e. The number of ether oxygens (including phenoxy) is 1. The summed E-state index contributed by atoms with van der Waals surface area (Å²) in [5.74, 6) is -0.952. The van der Waals surface area contributed by atoms with Crippen LogP contribution in [0.1, 0.15) is 11.1 Å². The Bertz CT molecular complexity index is 1810. The number of halogens is 1. The first-order valence-electron chi connectivity index (χ1n) is 12.3. The standard InChI is InChI=1S/C32H21BrN2O4/c33-23-13-15-24(16-14-23)35-31(37)28(30(36)34-32(35)38)18-27-26-11-4-2-7-21(26)12-17-29(27)39-19-22-9-5-8-20-6-1-3-10-25(20)22/h1-18H,19H2,(H,34,36,38)/b28-18+. The molecular formula is C32H21BrN2O4. The summed E-state index contributed by atoms with van der Waals surface area (Å²) in [5, 5.41) is 6.23. The molecule has 0 unspecified atom stereocenters. The van der Waals surface area contributed by atoms with Gasteiger partial charge in [-0.25, -0.2) is 9.69 Å². The van der Waals surface area contributed by atoms with Gasteiger partial charge in [0.25, 0.3) is 11.8 Å². The SMILES string of the molecule is O=C1NC(=O)N(c2ccc(Br)cc2)C(=O)/C1=C/c1c(OCc2cccc3ccccc23)ccc2ccccc12. The third kappa shape index (κ3) is 4.69. The van der Waals surface area contributed by atoms with Gasteiger partial charge in [0.05, 0.1) is 5.69 Å². The van der Waals surface area contributed by atoms with E-state index < -0.39 is 17.8 Å². The summed E-state index contributed by atoms with van der Waals surface area (Å²) in [4.78, 5) is 40.1. The molecule has 6 nitrogen and oxygen atoms in total. The lowest BCUT2D eigenvalue weighted by atomic mass is 9.99. The van der Waals surface area contributed by atoms with Crippen molar-refractivity contribution in [1.82, 2.24) is 5.32 Å². The number of urea groups is 1. The predicted molar refractivity (Wildman–Crippen MR) is 155 cm³/mol. The number of hydrogen-bond acceptors (Lipinski definition) is 4. The number of nitrogens with zero attached hydrogens (tertiary/aromatic N) is 1. The van der Waals surface area contributed by atoms with Crippen LogP contribution in [0.3, 0.4) is 0 Å². The summed E-state index contributed by atoms with van der Waals surface area (Å²) in [6.07, 6.45) is 1.51. The van der Waals surface area contributed by atoms with E-state index in [0.717, 1.165) is 36.5 Å². The average Bonchev–Trinajstić information content (AvgIpc) is 2.95. The van der Waals surface area contributed by atoms with Crippen LogP contribution >= 0.6 is 15.9 Å². The van der Waals surface area contributed by atoms with Gasteiger partial charge in [-0.1, -0.05) is 88.7 Å². The van der Waals surface area contributed by atoms with Crippen LogP contribution in [0.5, 0.6) is 5.75 Å². The average molecular weight is 577 g/mol. The molecule has 6 rings (SSSR count). The van der Waals surface area contributed by atoms with Crippen molar-refractivity contribution < 1.29 is 19.1 Å². The number of amides is 4. The van der Waals surface area contributed by atoms with Crippen LogP contribution in [-0.4, -0.2) is 17.8 Å². The highest BCUT2D eigenvalue weighted by Gasteiger charge is 2.37. The fourth-order valence-electron chi connectivity index (χ4n) is 4.75. The van der Waals surface area contributed by atoms with Gasteiger partial charge in [0, 0.05) is 10.0 Å². The van der Waals surface area contributed by atoms with E-state index in [4.69, 9.17) is 4.74 Å². The predicted octanol–water partition coefficient (Wildman–Crippen LogP) is 7.00. The Morgan fingerprint density at radius 3 is 2.18 bits per heavy atom. The highest BCUT2D eigenvalue weighted by molar-refractivity contribution is 9.10. The number of hydrogen-bond donors (Lipinski definition) is 1. The Morgan fingerprint density at radius 2 is 1.41 bits per heavy atom. The van der Waals surface area contributed by atoms with Gasteiger partial charge in [-0.3, -0.25) is 14.9 Å². The molecule has 1 saturated heterocycles. The van der Waals surface area contributed by atoms with E-state index >= 15 is 0 Å². The van der Waals surface area contributed by atoms with Crippen molar-refractivity contribution in [3.63, 3.8) is 0 Å². The molecule has 0 atom stereocenters. The highest BCUT2D eigenvalue weighted by Crippen LogP contribution is 2.33. The molecule has 0 aromatic heterocycles. The van der Waals surface area contributed by atoms with E-state index in [1.807, 2.05) is 60.7 Å². The van der Waals surface area contributed by atoms with Crippen molar-refractivity contribution >= 4 is 67.1 Å². The van der Waals surface area contributed by atoms with E-state index in [2.05, 4.69) is 39.4 Å². The number of rotatable bonds is 5. The van der Waals surface area contributed by atoms with Gasteiger partial charge in [-0.2, -0.15) is 0 Å². The van der Waals surface area contributed by atoms with Crippen molar-refractivity contribution in [2.24, 2.45) is 0 Å². The zero-order valence-corrected chi connectivity index (χ0v) is 22.1. The number of nitrogens with one attached hydrogen (secondary N) is 1. The summed E-state index contributed by atoms with van der Waals surface area (Å²) in [6, 6.07) is 31.5. The fraction of sp³-hybridized carbons (Fsp3) is 0.0312. The molecule has 0 saturated carbocycles. The van der Waals surface area contributed by atoms with Gasteiger partial charge in [0.1, 0.15) is 17.9 Å². The number of carbonyl (C=O) groups excluding carboxylic acids is 3. The van der Waals surface area contributed by atoms with Gasteiger partial charge < -0.3 is 4.74 Å². The highest BCUT2D eigenvalue weighted by atomic mass is 79.9. The van der Waals surface area contributed by atoms with E-state index in [1.165, 1.54) is 6.08 Å². The summed E-state index contributed by atoms with van der Waals surface area (Å²) in [7, 11) is 0. The molecule has 5 aromatic carbocycles. The molecule has 5 aromatic rings. The monoisotopic (exact) mass is 576 g/mol. The number of fused-ring (bicyclic) bond motifs is 2. The smallest absolute Gasteiger partial charge is 0.335 e. The molecule has 1 fully saturated rings. The second-order valence-electron chi connectivity index (χ2n) is 9.06. The van der Waals surface area contributed by atoms with Gasteiger partial charge in [-0.05, 0) is 63.5 Å². The van der Waals surface area contributed by atoms with E-state index in [-0.39, 0.29) is 5.57 Å². The lowest BCUT2D eigenvalue weighted by Gasteiger charge is -2.26. The van der Waals surface area contributed by atoms with Crippen LogP contribution in [0.15, 0.2) is 113 Å². The van der Waals surface area contributed by atoms with Crippen LogP contribution in [0.4, 0.5) is 10.5 Å². The maximum atomic E-state index is 13.5. The first kappa shape index (κ1) is 24.6. The van der Waals surface area contributed by atoms with E-state index in [0.29, 0.717) is 23.6 Å². The van der Waals surface area contributed by atoms with Gasteiger partial charge in [-0.15, -0.1) is 0 Å². The molecule has 7 heteroatoms. The third-order valence-electron chi connectivity index (χ3n) is 6.67. The van der Waals surface area contributed by atoms with Crippen LogP contribution < -0.4 is 15.0 Å². The minimum absolute atomic E-state index is 0.163. The van der Waals surface area contributed by atoms with Gasteiger partial charge in [0.15, 0.2) is 0 Å². The zero-order chi connectivity index (χ0) is 26.9. The lowest BCUT2D eigenvalue weighted by molar-refractivity contribution is -0.122. The molecule has 0 radical (unpaired) electrons. The number of imide groups is 2. The van der Waals surface area contributed by atoms with Crippen LogP contribution in [0.25, 0.3) is 27.6 Å². The molecule has 39 heavy (non-hydrogen) atoms. The molecule has 0 spiro atoms. The molecular weight excluding hydrogens is 556 g/mol. The Morgan fingerprint density at radius 1 is 0.744 bits per heavy atom. The first-order valence-corrected chi connectivity index (χ1v) is 13.1. The van der Waals surface area contributed by atoms with Crippen molar-refractivity contribution in [2.45, 2.75) is 6.61 Å². The molecule has 1 aliphatic rings. The number of anilines is 1. The molecule has 1 aliphatic heterocycles. The zero-order valence-electron chi connectivity index (χ0n) is 20.6. The number of barbiturate groups is 1. The molecule has 0 aliphatic carbocycles. The largest absolute Gasteiger partial charge is 0.488 e. The van der Waals surface area contributed by atoms with Crippen molar-refractivity contribution in [3.8, 4) is 5.75 Å². The van der Waals surface area contributed by atoms with E-state index in [1.54, 1.807) is 24.3 Å². The summed E-state index contributed by atoms with van der Waals surface area (Å²) >= 11 is 3.36. The van der Waals surface area contributed by atoms with Crippen LogP contribution in [0.2, 0.25) is 0 Å². The quantitative estimate of drug-likeness (QED) is 0.180. The number of carbonyl (C=O) groups is 3. The summed E-state index contributed by atoms with van der Waals surface area (Å²) in [5.41, 5.74) is 1.78. The second-order valence-corrected chi connectivity index (χ2v) is 9.98. The van der Waals surface area contributed by atoms with Crippen LogP contribution in [0, 0.1) is 0 Å². The molecule has 0 bridgehead atoms. The normalized spacial score (nSPS) is 14.7. The van der Waals surface area contributed by atoms with Gasteiger partial charge >= 0.3 is 6.03 Å². The number of benzene rings is 5. The van der Waals surface area contributed by atoms with Crippen molar-refractivity contribution in [3.05, 3.63) is 124 Å².